The van der Waals surface area contributed by atoms with E-state index in [-0.39, 0.29) is 11.9 Å². The van der Waals surface area contributed by atoms with E-state index < -0.39 is 0 Å². The van der Waals surface area contributed by atoms with E-state index in [1.165, 1.54) is 89.9 Å². The Morgan fingerprint density at radius 3 is 2.14 bits per heavy atom. The normalized spacial score (nSPS) is 18.0. The summed E-state index contributed by atoms with van der Waals surface area (Å²) < 4.78 is 5.72. The van der Waals surface area contributed by atoms with Gasteiger partial charge in [-0.3, -0.25) is 4.79 Å². The number of carbonyl (C=O) groups excluding carboxylic acids is 1. The van der Waals surface area contributed by atoms with Gasteiger partial charge in [-0.15, -0.1) is 10.2 Å². The van der Waals surface area contributed by atoms with Gasteiger partial charge in [-0.05, 0) is 62.3 Å². The molecule has 0 amide bonds. The average Bonchev–Trinajstić information content (AvgIpc) is 3.35. The summed E-state index contributed by atoms with van der Waals surface area (Å²) in [7, 11) is 0. The monoisotopic (exact) mass is 498 g/mol. The SMILES string of the molecule is CCCCCCCCCCc1nnc(-c2ccc(OC(=O)[C@H]3CC[C@H](CCCCC)CC3)cc2)s1. The van der Waals surface area contributed by atoms with Crippen LogP contribution in [0.25, 0.3) is 10.6 Å². The number of nitrogens with zero attached hydrogens (tertiary/aromatic N) is 2. The molecule has 0 atom stereocenters. The second-order valence-corrected chi connectivity index (χ2v) is 11.4. The first-order valence-electron chi connectivity index (χ1n) is 14.3. The van der Waals surface area contributed by atoms with Gasteiger partial charge in [0, 0.05) is 12.0 Å². The Morgan fingerprint density at radius 1 is 0.829 bits per heavy atom. The van der Waals surface area contributed by atoms with Crippen LogP contribution in [0.5, 0.6) is 5.75 Å². The van der Waals surface area contributed by atoms with Crippen molar-refractivity contribution < 1.29 is 9.53 Å². The molecule has 0 radical (unpaired) electrons. The zero-order valence-electron chi connectivity index (χ0n) is 22.1. The first kappa shape index (κ1) is 27.8. The van der Waals surface area contributed by atoms with E-state index >= 15 is 0 Å². The smallest absolute Gasteiger partial charge is 0.314 e. The molecule has 0 aliphatic heterocycles. The van der Waals surface area contributed by atoms with Crippen LogP contribution in [-0.4, -0.2) is 16.2 Å². The average molecular weight is 499 g/mol. The van der Waals surface area contributed by atoms with Crippen molar-refractivity contribution in [2.45, 2.75) is 123 Å². The maximum Gasteiger partial charge on any atom is 0.314 e. The highest BCUT2D eigenvalue weighted by atomic mass is 32.1. The largest absolute Gasteiger partial charge is 0.426 e. The number of carbonyl (C=O) groups is 1. The molecular formula is C30H46N2O2S. The minimum absolute atomic E-state index is 0.0548. The Labute approximate surface area is 217 Å². The third-order valence-corrected chi connectivity index (χ3v) is 8.46. The standard InChI is InChI=1S/C30H46N2O2S/c1-3-5-7-8-9-10-11-13-15-28-31-32-29(35-28)25-20-22-27(23-21-25)34-30(33)26-18-16-24(17-19-26)14-12-6-4-2/h20-24,26H,3-19H2,1-2H3/t24-,26-. The molecule has 1 aromatic carbocycles. The lowest BCUT2D eigenvalue weighted by atomic mass is 9.80. The Balaban J connectivity index is 1.36. The summed E-state index contributed by atoms with van der Waals surface area (Å²) >= 11 is 1.68. The lowest BCUT2D eigenvalue weighted by molar-refractivity contribution is -0.140. The minimum atomic E-state index is -0.0617. The molecule has 1 heterocycles. The number of hydrogen-bond acceptors (Lipinski definition) is 5. The maximum atomic E-state index is 12.7. The van der Waals surface area contributed by atoms with Gasteiger partial charge < -0.3 is 4.74 Å². The van der Waals surface area contributed by atoms with Crippen molar-refractivity contribution in [1.82, 2.24) is 10.2 Å². The van der Waals surface area contributed by atoms with E-state index in [9.17, 15) is 4.79 Å². The number of unbranched alkanes of at least 4 members (excludes halogenated alkanes) is 9. The van der Waals surface area contributed by atoms with Crippen molar-refractivity contribution in [2.75, 3.05) is 0 Å². The van der Waals surface area contributed by atoms with Crippen molar-refractivity contribution in [3.05, 3.63) is 29.3 Å². The first-order valence-corrected chi connectivity index (χ1v) is 15.2. The van der Waals surface area contributed by atoms with Crippen LogP contribution >= 0.6 is 11.3 Å². The highest BCUT2D eigenvalue weighted by Gasteiger charge is 2.27. The van der Waals surface area contributed by atoms with E-state index in [1.807, 2.05) is 24.3 Å². The Morgan fingerprint density at radius 2 is 1.46 bits per heavy atom. The van der Waals surface area contributed by atoms with Gasteiger partial charge in [-0.25, -0.2) is 0 Å². The van der Waals surface area contributed by atoms with Crippen LogP contribution in [0.1, 0.15) is 122 Å². The van der Waals surface area contributed by atoms with Crippen molar-refractivity contribution in [2.24, 2.45) is 11.8 Å². The summed E-state index contributed by atoms with van der Waals surface area (Å²) in [6.45, 7) is 4.52. The fourth-order valence-electron chi connectivity index (χ4n) is 5.12. The van der Waals surface area contributed by atoms with Gasteiger partial charge in [0.15, 0.2) is 0 Å². The number of benzene rings is 1. The van der Waals surface area contributed by atoms with Gasteiger partial charge in [0.05, 0.1) is 5.92 Å². The fourth-order valence-corrected chi connectivity index (χ4v) is 6.00. The van der Waals surface area contributed by atoms with Crippen LogP contribution in [0.15, 0.2) is 24.3 Å². The maximum absolute atomic E-state index is 12.7. The molecule has 1 fully saturated rings. The Hall–Kier alpha value is -1.75. The zero-order valence-corrected chi connectivity index (χ0v) is 22.9. The van der Waals surface area contributed by atoms with E-state index in [1.54, 1.807) is 11.3 Å². The van der Waals surface area contributed by atoms with Gasteiger partial charge in [0.25, 0.3) is 0 Å². The molecule has 1 aliphatic carbocycles. The highest BCUT2D eigenvalue weighted by molar-refractivity contribution is 7.14. The summed E-state index contributed by atoms with van der Waals surface area (Å²) in [5, 5.41) is 10.8. The molecule has 1 aromatic heterocycles. The molecular weight excluding hydrogens is 452 g/mol. The summed E-state index contributed by atoms with van der Waals surface area (Å²) in [6, 6.07) is 7.77. The molecule has 35 heavy (non-hydrogen) atoms. The third-order valence-electron chi connectivity index (χ3n) is 7.43. The molecule has 0 N–H and O–H groups in total. The molecule has 4 nitrogen and oxygen atoms in total. The predicted molar refractivity (Wildman–Crippen MR) is 147 cm³/mol. The number of hydrogen-bond donors (Lipinski definition) is 0. The minimum Gasteiger partial charge on any atom is -0.426 e. The molecule has 0 bridgehead atoms. The second kappa shape index (κ2) is 16.1. The number of ether oxygens (including phenoxy) is 1. The molecule has 194 valence electrons. The van der Waals surface area contributed by atoms with Crippen LogP contribution in [0.2, 0.25) is 0 Å². The molecule has 3 rings (SSSR count). The van der Waals surface area contributed by atoms with Crippen LogP contribution < -0.4 is 4.74 Å². The van der Waals surface area contributed by atoms with Crippen LogP contribution in [0.4, 0.5) is 0 Å². The van der Waals surface area contributed by atoms with Gasteiger partial charge >= 0.3 is 5.97 Å². The number of aromatic nitrogens is 2. The Bertz CT molecular complexity index is 840. The van der Waals surface area contributed by atoms with Gasteiger partial charge in [-0.2, -0.15) is 0 Å². The number of aryl methyl sites for hydroxylation is 1. The van der Waals surface area contributed by atoms with Crippen molar-refractivity contribution in [3.63, 3.8) is 0 Å². The summed E-state index contributed by atoms with van der Waals surface area (Å²) in [5.41, 5.74) is 1.04. The van der Waals surface area contributed by atoms with E-state index in [4.69, 9.17) is 4.74 Å². The fraction of sp³-hybridized carbons (Fsp3) is 0.700. The Kier molecular flexibility index (Phi) is 12.8. The number of esters is 1. The van der Waals surface area contributed by atoms with Crippen LogP contribution in [0, 0.1) is 11.8 Å². The van der Waals surface area contributed by atoms with Crippen LogP contribution in [0.3, 0.4) is 0 Å². The summed E-state index contributed by atoms with van der Waals surface area (Å²) in [4.78, 5) is 12.7. The first-order chi connectivity index (χ1) is 17.2. The van der Waals surface area contributed by atoms with Crippen molar-refractivity contribution in [3.8, 4) is 16.3 Å². The van der Waals surface area contributed by atoms with Gasteiger partial charge in [-0.1, -0.05) is 95.8 Å². The molecule has 0 unspecified atom stereocenters. The van der Waals surface area contributed by atoms with Gasteiger partial charge in [0.1, 0.15) is 15.8 Å². The third kappa shape index (κ3) is 10.0. The lowest BCUT2D eigenvalue weighted by Crippen LogP contribution is -2.25. The highest BCUT2D eigenvalue weighted by Crippen LogP contribution is 2.33. The summed E-state index contributed by atoms with van der Waals surface area (Å²) in [5.74, 6) is 1.43. The zero-order chi connectivity index (χ0) is 24.7. The second-order valence-electron chi connectivity index (χ2n) is 10.4. The molecule has 1 aliphatic rings. The molecule has 2 aromatic rings. The van der Waals surface area contributed by atoms with Crippen molar-refractivity contribution >= 4 is 17.3 Å². The van der Waals surface area contributed by atoms with Gasteiger partial charge in [0.2, 0.25) is 0 Å². The molecule has 0 saturated heterocycles. The van der Waals surface area contributed by atoms with E-state index in [0.29, 0.717) is 5.75 Å². The predicted octanol–water partition coefficient (Wildman–Crippen LogP) is 9.18. The number of rotatable bonds is 16. The lowest BCUT2D eigenvalue weighted by Gasteiger charge is -2.27. The molecule has 1 saturated carbocycles. The molecule has 0 spiro atoms. The topological polar surface area (TPSA) is 52.1 Å². The summed E-state index contributed by atoms with van der Waals surface area (Å²) in [6.07, 6.45) is 21.2. The van der Waals surface area contributed by atoms with E-state index in [0.717, 1.165) is 40.8 Å². The molecule has 5 heteroatoms. The quantitative estimate of drug-likeness (QED) is 0.131. The van der Waals surface area contributed by atoms with Crippen LogP contribution in [-0.2, 0) is 11.2 Å². The van der Waals surface area contributed by atoms with E-state index in [2.05, 4.69) is 24.0 Å². The van der Waals surface area contributed by atoms with Crippen molar-refractivity contribution in [1.29, 1.82) is 0 Å².